The van der Waals surface area contributed by atoms with Gasteiger partial charge in [0, 0.05) is 17.2 Å². The zero-order valence-electron chi connectivity index (χ0n) is 18.2. The summed E-state index contributed by atoms with van der Waals surface area (Å²) in [6.07, 6.45) is -0.914. The second kappa shape index (κ2) is 8.71. The van der Waals surface area contributed by atoms with Gasteiger partial charge in [0.25, 0.3) is 0 Å². The summed E-state index contributed by atoms with van der Waals surface area (Å²) in [7, 11) is 1.57. The lowest BCUT2D eigenvalue weighted by Gasteiger charge is -2.28. The summed E-state index contributed by atoms with van der Waals surface area (Å²) in [6, 6.07) is 21.6. The lowest BCUT2D eigenvalue weighted by molar-refractivity contribution is -0.144. The van der Waals surface area contributed by atoms with E-state index in [9.17, 15) is 10.1 Å². The third kappa shape index (κ3) is 3.73. The summed E-state index contributed by atoms with van der Waals surface area (Å²) >= 11 is 0. The maximum atomic E-state index is 12.7. The average Bonchev–Trinajstić information content (AvgIpc) is 2.87. The van der Waals surface area contributed by atoms with E-state index < -0.39 is 18.0 Å². The third-order valence-corrected chi connectivity index (χ3v) is 5.63. The fraction of sp³-hybridized carbons (Fsp3) is 0.154. The molecule has 8 nitrogen and oxygen atoms in total. The van der Waals surface area contributed by atoms with Crippen molar-refractivity contribution in [2.75, 3.05) is 13.7 Å². The highest BCUT2D eigenvalue weighted by molar-refractivity contribution is 5.78. The van der Waals surface area contributed by atoms with Crippen LogP contribution in [0.25, 0.3) is 0 Å². The van der Waals surface area contributed by atoms with E-state index in [0.29, 0.717) is 28.6 Å². The summed E-state index contributed by atoms with van der Waals surface area (Å²) in [6.45, 7) is 0.0361. The summed E-state index contributed by atoms with van der Waals surface area (Å²) < 4.78 is 28.1. The number of esters is 1. The molecule has 8 heteroatoms. The first-order valence-corrected chi connectivity index (χ1v) is 10.5. The Labute approximate surface area is 195 Å². The van der Waals surface area contributed by atoms with Crippen molar-refractivity contribution in [3.63, 3.8) is 0 Å². The molecule has 0 saturated heterocycles. The number of methoxy groups -OCH3 is 1. The monoisotopic (exact) mass is 456 g/mol. The summed E-state index contributed by atoms with van der Waals surface area (Å²) in [5, 5.41) is 9.77. The van der Waals surface area contributed by atoms with Crippen LogP contribution in [0.15, 0.2) is 78.2 Å². The molecule has 170 valence electrons. The SMILES string of the molecule is COc1ccccc1C1C(C#N)=C(N)Oc2cc(OC(=O)C3COc4ccccc4O3)ccc21. The van der Waals surface area contributed by atoms with Gasteiger partial charge in [-0.05, 0) is 24.3 Å². The molecule has 2 aliphatic rings. The highest BCUT2D eigenvalue weighted by Gasteiger charge is 2.34. The quantitative estimate of drug-likeness (QED) is 0.468. The molecule has 34 heavy (non-hydrogen) atoms. The van der Waals surface area contributed by atoms with Crippen LogP contribution in [-0.2, 0) is 4.79 Å². The van der Waals surface area contributed by atoms with Crippen LogP contribution in [0.3, 0.4) is 0 Å². The number of nitriles is 1. The fourth-order valence-electron chi connectivity index (χ4n) is 4.04. The highest BCUT2D eigenvalue weighted by Crippen LogP contribution is 2.45. The van der Waals surface area contributed by atoms with Crippen LogP contribution in [-0.4, -0.2) is 25.8 Å². The van der Waals surface area contributed by atoms with Crippen molar-refractivity contribution in [2.45, 2.75) is 12.0 Å². The Bertz CT molecular complexity index is 1340. The number of nitrogens with two attached hydrogens (primary N) is 1. The Kier molecular flexibility index (Phi) is 5.44. The van der Waals surface area contributed by atoms with Gasteiger partial charge in [-0.15, -0.1) is 0 Å². The number of carbonyl (C=O) groups excluding carboxylic acids is 1. The van der Waals surface area contributed by atoms with E-state index in [2.05, 4.69) is 6.07 Å². The Morgan fingerprint density at radius 3 is 2.59 bits per heavy atom. The van der Waals surface area contributed by atoms with Gasteiger partial charge >= 0.3 is 5.97 Å². The predicted molar refractivity (Wildman–Crippen MR) is 121 cm³/mol. The van der Waals surface area contributed by atoms with E-state index in [1.807, 2.05) is 30.3 Å². The second-order valence-corrected chi connectivity index (χ2v) is 7.65. The molecule has 0 aromatic heterocycles. The number of fused-ring (bicyclic) bond motifs is 2. The van der Waals surface area contributed by atoms with Crippen molar-refractivity contribution < 1.29 is 28.5 Å². The van der Waals surface area contributed by atoms with Crippen LogP contribution in [0.2, 0.25) is 0 Å². The van der Waals surface area contributed by atoms with Gasteiger partial charge in [0.15, 0.2) is 11.5 Å². The normalized spacial score (nSPS) is 18.2. The molecule has 2 atom stereocenters. The molecule has 5 rings (SSSR count). The van der Waals surface area contributed by atoms with Gasteiger partial charge < -0.3 is 29.4 Å². The van der Waals surface area contributed by atoms with Crippen LogP contribution >= 0.6 is 0 Å². The van der Waals surface area contributed by atoms with Crippen molar-refractivity contribution in [1.29, 1.82) is 5.26 Å². The molecule has 2 unspecified atom stereocenters. The van der Waals surface area contributed by atoms with Crippen molar-refractivity contribution >= 4 is 5.97 Å². The Morgan fingerprint density at radius 2 is 1.79 bits per heavy atom. The minimum absolute atomic E-state index is 0.0185. The largest absolute Gasteiger partial charge is 0.496 e. The van der Waals surface area contributed by atoms with Gasteiger partial charge in [-0.1, -0.05) is 36.4 Å². The molecule has 0 fully saturated rings. The van der Waals surface area contributed by atoms with E-state index >= 15 is 0 Å². The average molecular weight is 456 g/mol. The number of para-hydroxylation sites is 3. The maximum Gasteiger partial charge on any atom is 0.356 e. The molecule has 0 saturated carbocycles. The van der Waals surface area contributed by atoms with Gasteiger partial charge in [-0.3, -0.25) is 0 Å². The van der Waals surface area contributed by atoms with E-state index in [1.165, 1.54) is 0 Å². The first-order valence-electron chi connectivity index (χ1n) is 10.5. The molecule has 0 radical (unpaired) electrons. The molecule has 0 amide bonds. The van der Waals surface area contributed by atoms with E-state index in [0.717, 1.165) is 5.56 Å². The smallest absolute Gasteiger partial charge is 0.356 e. The lowest BCUT2D eigenvalue weighted by Crippen LogP contribution is -2.39. The molecule has 0 aliphatic carbocycles. The molecule has 2 N–H and O–H groups in total. The molecule has 0 bridgehead atoms. The van der Waals surface area contributed by atoms with E-state index in [4.69, 9.17) is 29.4 Å². The number of carbonyl (C=O) groups is 1. The number of nitrogens with zero attached hydrogens (tertiary/aromatic N) is 1. The van der Waals surface area contributed by atoms with E-state index in [-0.39, 0.29) is 23.8 Å². The standard InChI is InChI=1S/C26H20N2O6/c1-30-19-7-3-2-6-16(19)24-17-11-10-15(12-22(17)34-25(28)18(24)13-27)32-26(29)23-14-31-20-8-4-5-9-21(20)33-23/h2-12,23-24H,14,28H2,1H3. The predicted octanol–water partition coefficient (Wildman–Crippen LogP) is 3.66. The molecular formula is C26H20N2O6. The zero-order valence-corrected chi connectivity index (χ0v) is 18.2. The second-order valence-electron chi connectivity index (χ2n) is 7.65. The number of hydrogen-bond acceptors (Lipinski definition) is 8. The third-order valence-electron chi connectivity index (χ3n) is 5.63. The molecule has 3 aromatic rings. The number of rotatable bonds is 4. The Hall–Kier alpha value is -4.64. The lowest BCUT2D eigenvalue weighted by atomic mass is 9.83. The molecule has 2 aliphatic heterocycles. The van der Waals surface area contributed by atoms with Crippen LogP contribution in [0.1, 0.15) is 17.0 Å². The summed E-state index contributed by atoms with van der Waals surface area (Å²) in [5.41, 5.74) is 7.82. The number of ether oxygens (including phenoxy) is 5. The summed E-state index contributed by atoms with van der Waals surface area (Å²) in [5.74, 6) is 1.18. The molecule has 3 aromatic carbocycles. The minimum atomic E-state index is -0.914. The number of hydrogen-bond donors (Lipinski definition) is 1. The first-order chi connectivity index (χ1) is 16.6. The van der Waals surface area contributed by atoms with Crippen molar-refractivity contribution in [3.05, 3.63) is 89.3 Å². The molecular weight excluding hydrogens is 436 g/mol. The highest BCUT2D eigenvalue weighted by atomic mass is 16.6. The minimum Gasteiger partial charge on any atom is -0.496 e. The van der Waals surface area contributed by atoms with Gasteiger partial charge in [0.2, 0.25) is 12.0 Å². The van der Waals surface area contributed by atoms with Crippen LogP contribution in [0.5, 0.6) is 28.7 Å². The van der Waals surface area contributed by atoms with Gasteiger partial charge in [0.1, 0.15) is 35.5 Å². The topological polar surface area (TPSA) is 113 Å². The number of benzene rings is 3. The van der Waals surface area contributed by atoms with E-state index in [1.54, 1.807) is 43.5 Å². The Balaban J connectivity index is 1.43. The van der Waals surface area contributed by atoms with Gasteiger partial charge in [-0.25, -0.2) is 4.79 Å². The molecule has 0 spiro atoms. The van der Waals surface area contributed by atoms with Crippen molar-refractivity contribution in [3.8, 4) is 34.8 Å². The summed E-state index contributed by atoms with van der Waals surface area (Å²) in [4.78, 5) is 12.7. The zero-order chi connectivity index (χ0) is 23.7. The van der Waals surface area contributed by atoms with Crippen LogP contribution < -0.4 is 29.4 Å². The maximum absolute atomic E-state index is 12.7. The molecule has 2 heterocycles. The van der Waals surface area contributed by atoms with Crippen molar-refractivity contribution in [2.24, 2.45) is 5.73 Å². The van der Waals surface area contributed by atoms with Crippen LogP contribution in [0.4, 0.5) is 0 Å². The first kappa shape index (κ1) is 21.2. The van der Waals surface area contributed by atoms with Gasteiger partial charge in [-0.2, -0.15) is 5.26 Å². The van der Waals surface area contributed by atoms with Crippen LogP contribution in [0, 0.1) is 11.3 Å². The van der Waals surface area contributed by atoms with Gasteiger partial charge in [0.05, 0.1) is 13.0 Å². The Morgan fingerprint density at radius 1 is 1.03 bits per heavy atom. The van der Waals surface area contributed by atoms with Crippen molar-refractivity contribution in [1.82, 2.24) is 0 Å². The number of allylic oxidation sites excluding steroid dienone is 1. The fourth-order valence-corrected chi connectivity index (χ4v) is 4.04.